The number of carbonyl (C=O) groups excluding carboxylic acids is 1. The molecule has 1 heterocycles. The molecule has 0 aliphatic carbocycles. The van der Waals surface area contributed by atoms with Crippen LogP contribution in [0.15, 0.2) is 36.9 Å². The van der Waals surface area contributed by atoms with Crippen LogP contribution < -0.4 is 10.2 Å². The van der Waals surface area contributed by atoms with E-state index in [2.05, 4.69) is 44.6 Å². The molecule has 0 radical (unpaired) electrons. The summed E-state index contributed by atoms with van der Waals surface area (Å²) in [5.74, 6) is 0.0541. The van der Waals surface area contributed by atoms with E-state index in [1.807, 2.05) is 14.1 Å². The topological polar surface area (TPSA) is 63.1 Å². The fraction of sp³-hybridized carbons (Fsp3) is 0.438. The Balaban J connectivity index is 1.61. The first-order chi connectivity index (χ1) is 10.6. The Morgan fingerprint density at radius 3 is 2.68 bits per heavy atom. The number of aryl methyl sites for hydroxylation is 2. The molecule has 0 aliphatic rings. The maximum absolute atomic E-state index is 11.7. The molecule has 0 saturated carbocycles. The van der Waals surface area contributed by atoms with Gasteiger partial charge in [-0.15, -0.1) is 0 Å². The minimum Gasteiger partial charge on any atom is -0.378 e. The van der Waals surface area contributed by atoms with Gasteiger partial charge in [0.2, 0.25) is 5.91 Å². The molecule has 1 aromatic heterocycles. The number of benzene rings is 1. The Morgan fingerprint density at radius 1 is 1.27 bits per heavy atom. The van der Waals surface area contributed by atoms with Crippen molar-refractivity contribution in [2.24, 2.45) is 0 Å². The fourth-order valence-electron chi connectivity index (χ4n) is 2.13. The molecule has 0 aliphatic heterocycles. The van der Waals surface area contributed by atoms with Crippen molar-refractivity contribution in [3.63, 3.8) is 0 Å². The highest BCUT2D eigenvalue weighted by Gasteiger charge is 2.02. The second-order valence-electron chi connectivity index (χ2n) is 5.42. The van der Waals surface area contributed by atoms with Crippen LogP contribution in [0.3, 0.4) is 0 Å². The lowest BCUT2D eigenvalue weighted by Crippen LogP contribution is -2.25. The average Bonchev–Trinajstić information content (AvgIpc) is 3.03. The van der Waals surface area contributed by atoms with Crippen molar-refractivity contribution in [3.05, 3.63) is 42.5 Å². The van der Waals surface area contributed by atoms with Gasteiger partial charge in [0, 0.05) is 32.7 Å². The van der Waals surface area contributed by atoms with Gasteiger partial charge in [-0.2, -0.15) is 5.10 Å². The number of amides is 1. The van der Waals surface area contributed by atoms with Gasteiger partial charge in [0.15, 0.2) is 0 Å². The van der Waals surface area contributed by atoms with Gasteiger partial charge in [-0.25, -0.2) is 4.98 Å². The second-order valence-corrected chi connectivity index (χ2v) is 5.42. The molecular weight excluding hydrogens is 278 g/mol. The van der Waals surface area contributed by atoms with Crippen LogP contribution in [0, 0.1) is 0 Å². The number of nitrogens with one attached hydrogen (secondary N) is 1. The normalized spacial score (nSPS) is 10.5. The molecule has 2 aromatic rings. The number of aromatic nitrogens is 3. The van der Waals surface area contributed by atoms with Crippen LogP contribution in [-0.2, 0) is 17.8 Å². The third-order valence-electron chi connectivity index (χ3n) is 3.45. The number of hydrogen-bond donors (Lipinski definition) is 1. The zero-order valence-electron chi connectivity index (χ0n) is 13.2. The van der Waals surface area contributed by atoms with Crippen molar-refractivity contribution in [3.8, 4) is 0 Å². The molecule has 118 valence electrons. The highest BCUT2D eigenvalue weighted by molar-refractivity contribution is 5.75. The van der Waals surface area contributed by atoms with Gasteiger partial charge in [0.1, 0.15) is 12.7 Å². The van der Waals surface area contributed by atoms with Crippen LogP contribution in [0.4, 0.5) is 5.69 Å². The van der Waals surface area contributed by atoms with Crippen molar-refractivity contribution in [2.45, 2.75) is 25.8 Å². The largest absolute Gasteiger partial charge is 0.378 e. The lowest BCUT2D eigenvalue weighted by Gasteiger charge is -2.12. The third-order valence-corrected chi connectivity index (χ3v) is 3.45. The average molecular weight is 301 g/mol. The third kappa shape index (κ3) is 5.20. The molecule has 0 unspecified atom stereocenters. The van der Waals surface area contributed by atoms with Gasteiger partial charge in [0.25, 0.3) is 0 Å². The van der Waals surface area contributed by atoms with Crippen LogP contribution in [0.5, 0.6) is 0 Å². The summed E-state index contributed by atoms with van der Waals surface area (Å²) in [4.78, 5) is 17.6. The zero-order valence-corrected chi connectivity index (χ0v) is 13.2. The Hall–Kier alpha value is -2.37. The molecule has 2 rings (SSSR count). The fourth-order valence-corrected chi connectivity index (χ4v) is 2.13. The van der Waals surface area contributed by atoms with Gasteiger partial charge >= 0.3 is 0 Å². The van der Waals surface area contributed by atoms with E-state index in [0.717, 1.165) is 12.8 Å². The Morgan fingerprint density at radius 2 is 2.05 bits per heavy atom. The van der Waals surface area contributed by atoms with Crippen molar-refractivity contribution in [1.82, 2.24) is 20.1 Å². The molecule has 0 spiro atoms. The van der Waals surface area contributed by atoms with Crippen LogP contribution in [0.1, 0.15) is 18.4 Å². The number of rotatable bonds is 8. The van der Waals surface area contributed by atoms with E-state index < -0.39 is 0 Å². The summed E-state index contributed by atoms with van der Waals surface area (Å²) in [6, 6.07) is 8.52. The number of nitrogens with zero attached hydrogens (tertiary/aromatic N) is 4. The van der Waals surface area contributed by atoms with Crippen LogP contribution in [-0.4, -0.2) is 41.3 Å². The molecule has 0 fully saturated rings. The lowest BCUT2D eigenvalue weighted by atomic mass is 10.1. The minimum absolute atomic E-state index is 0.0541. The molecule has 1 aromatic carbocycles. The maximum Gasteiger partial charge on any atom is 0.221 e. The van der Waals surface area contributed by atoms with Gasteiger partial charge in [0.05, 0.1) is 6.54 Å². The SMILES string of the molecule is CN(C)c1ccc(CCCNC(=O)CCn2cncn2)cc1. The standard InChI is InChI=1S/C16H23N5O/c1-20(2)15-7-5-14(6-8-15)4-3-10-18-16(22)9-11-21-13-17-12-19-21/h5-8,12-13H,3-4,9-11H2,1-2H3,(H,18,22). The zero-order chi connectivity index (χ0) is 15.8. The monoisotopic (exact) mass is 301 g/mol. The molecule has 1 amide bonds. The van der Waals surface area contributed by atoms with Gasteiger partial charge < -0.3 is 10.2 Å². The summed E-state index contributed by atoms with van der Waals surface area (Å²) in [6.07, 6.45) is 5.43. The van der Waals surface area contributed by atoms with Gasteiger partial charge in [-0.3, -0.25) is 9.48 Å². The smallest absolute Gasteiger partial charge is 0.221 e. The lowest BCUT2D eigenvalue weighted by molar-refractivity contribution is -0.121. The van der Waals surface area contributed by atoms with E-state index in [0.29, 0.717) is 19.5 Å². The maximum atomic E-state index is 11.7. The number of carbonyl (C=O) groups is 1. The van der Waals surface area contributed by atoms with Gasteiger partial charge in [-0.1, -0.05) is 12.1 Å². The van der Waals surface area contributed by atoms with Gasteiger partial charge in [-0.05, 0) is 30.5 Å². The number of anilines is 1. The predicted octanol–water partition coefficient (Wildman–Crippen LogP) is 1.48. The van der Waals surface area contributed by atoms with Crippen molar-refractivity contribution in [1.29, 1.82) is 0 Å². The summed E-state index contributed by atoms with van der Waals surface area (Å²) in [7, 11) is 4.06. The Kier molecular flexibility index (Phi) is 5.94. The molecule has 6 heteroatoms. The van der Waals surface area contributed by atoms with E-state index >= 15 is 0 Å². The highest BCUT2D eigenvalue weighted by atomic mass is 16.1. The molecule has 22 heavy (non-hydrogen) atoms. The molecular formula is C16H23N5O. The summed E-state index contributed by atoms with van der Waals surface area (Å²) < 4.78 is 1.66. The minimum atomic E-state index is 0.0541. The predicted molar refractivity (Wildman–Crippen MR) is 86.7 cm³/mol. The quantitative estimate of drug-likeness (QED) is 0.750. The van der Waals surface area contributed by atoms with E-state index in [1.165, 1.54) is 17.6 Å². The molecule has 0 bridgehead atoms. The molecule has 0 atom stereocenters. The van der Waals surface area contributed by atoms with E-state index in [9.17, 15) is 4.79 Å². The summed E-state index contributed by atoms with van der Waals surface area (Å²) in [6.45, 7) is 1.27. The first kappa shape index (κ1) is 16.0. The van der Waals surface area contributed by atoms with E-state index in [1.54, 1.807) is 11.0 Å². The van der Waals surface area contributed by atoms with E-state index in [4.69, 9.17) is 0 Å². The van der Waals surface area contributed by atoms with Crippen LogP contribution >= 0.6 is 0 Å². The second kappa shape index (κ2) is 8.17. The summed E-state index contributed by atoms with van der Waals surface area (Å²) in [5.41, 5.74) is 2.49. The summed E-state index contributed by atoms with van der Waals surface area (Å²) >= 11 is 0. The number of hydrogen-bond acceptors (Lipinski definition) is 4. The molecule has 1 N–H and O–H groups in total. The van der Waals surface area contributed by atoms with Crippen molar-refractivity contribution >= 4 is 11.6 Å². The summed E-state index contributed by atoms with van der Waals surface area (Å²) in [5, 5.41) is 6.90. The first-order valence-electron chi connectivity index (χ1n) is 7.50. The van der Waals surface area contributed by atoms with Crippen LogP contribution in [0.25, 0.3) is 0 Å². The van der Waals surface area contributed by atoms with Crippen LogP contribution in [0.2, 0.25) is 0 Å². The van der Waals surface area contributed by atoms with Crippen molar-refractivity contribution < 1.29 is 4.79 Å². The first-order valence-corrected chi connectivity index (χ1v) is 7.50. The molecule has 6 nitrogen and oxygen atoms in total. The Labute approximate surface area is 131 Å². The molecule has 0 saturated heterocycles. The Bertz CT molecular complexity index is 563. The van der Waals surface area contributed by atoms with Crippen molar-refractivity contribution in [2.75, 3.05) is 25.5 Å². The van der Waals surface area contributed by atoms with E-state index in [-0.39, 0.29) is 5.91 Å². The highest BCUT2D eigenvalue weighted by Crippen LogP contribution is 2.13.